The fraction of sp³-hybridized carbons (Fsp3) is 0.520. The highest BCUT2D eigenvalue weighted by Gasteiger charge is 2.45. The molecule has 0 spiro atoms. The maximum atomic E-state index is 14.0. The number of nitrogens with zero attached hydrogens (tertiary/aromatic N) is 4. The summed E-state index contributed by atoms with van der Waals surface area (Å²) in [6.45, 7) is 5.95. The van der Waals surface area contributed by atoms with Crippen molar-refractivity contribution < 1.29 is 14.0 Å². The zero-order valence-electron chi connectivity index (χ0n) is 18.9. The molecule has 32 heavy (non-hydrogen) atoms. The number of aryl methyl sites for hydroxylation is 1. The molecule has 1 atom stereocenters. The number of halogens is 1. The smallest absolute Gasteiger partial charge is 0.229 e. The molecule has 0 saturated carbocycles. The Kier molecular flexibility index (Phi) is 6.53. The van der Waals surface area contributed by atoms with Crippen LogP contribution in [0.15, 0.2) is 36.7 Å². The molecule has 1 aromatic heterocycles. The molecule has 0 radical (unpaired) electrons. The Morgan fingerprint density at radius 3 is 2.62 bits per heavy atom. The Balaban J connectivity index is 1.57. The fourth-order valence-corrected chi connectivity index (χ4v) is 5.17. The van der Waals surface area contributed by atoms with Gasteiger partial charge in [0, 0.05) is 51.4 Å². The van der Waals surface area contributed by atoms with Crippen molar-refractivity contribution in [3.63, 3.8) is 0 Å². The van der Waals surface area contributed by atoms with E-state index in [1.54, 1.807) is 30.3 Å². The van der Waals surface area contributed by atoms with Gasteiger partial charge in [-0.1, -0.05) is 12.1 Å². The van der Waals surface area contributed by atoms with Gasteiger partial charge in [-0.3, -0.25) is 19.6 Å². The van der Waals surface area contributed by atoms with Crippen molar-refractivity contribution >= 4 is 11.8 Å². The van der Waals surface area contributed by atoms with Gasteiger partial charge in [0.15, 0.2) is 0 Å². The van der Waals surface area contributed by atoms with Crippen molar-refractivity contribution in [1.82, 2.24) is 19.8 Å². The summed E-state index contributed by atoms with van der Waals surface area (Å²) in [7, 11) is 0. The summed E-state index contributed by atoms with van der Waals surface area (Å²) in [4.78, 5) is 38.6. The van der Waals surface area contributed by atoms with Crippen LogP contribution in [0, 0.1) is 18.2 Å². The molecule has 3 heterocycles. The molecule has 1 aromatic carbocycles. The third-order valence-electron chi connectivity index (χ3n) is 6.95. The average Bonchev–Trinajstić information content (AvgIpc) is 2.79. The van der Waals surface area contributed by atoms with Gasteiger partial charge in [-0.25, -0.2) is 4.39 Å². The lowest BCUT2D eigenvalue weighted by molar-refractivity contribution is -0.149. The third-order valence-corrected chi connectivity index (χ3v) is 6.95. The topological polar surface area (TPSA) is 66.4 Å². The summed E-state index contributed by atoms with van der Waals surface area (Å²) in [6.07, 6.45) is 7.12. The van der Waals surface area contributed by atoms with Crippen LogP contribution in [-0.4, -0.2) is 57.8 Å². The van der Waals surface area contributed by atoms with Crippen molar-refractivity contribution in [3.05, 3.63) is 59.4 Å². The van der Waals surface area contributed by atoms with E-state index in [1.807, 2.05) is 17.9 Å². The molecule has 6 nitrogen and oxygen atoms in total. The summed E-state index contributed by atoms with van der Waals surface area (Å²) in [5.41, 5.74) is 2.02. The second kappa shape index (κ2) is 9.35. The predicted octanol–water partition coefficient (Wildman–Crippen LogP) is 3.50. The molecule has 0 bridgehead atoms. The maximum Gasteiger partial charge on any atom is 0.229 e. The lowest BCUT2D eigenvalue weighted by Crippen LogP contribution is -2.53. The molecule has 0 N–H and O–H groups in total. The van der Waals surface area contributed by atoms with Crippen LogP contribution in [0.2, 0.25) is 0 Å². The first-order chi connectivity index (χ1) is 15.4. The Morgan fingerprint density at radius 2 is 1.94 bits per heavy atom. The summed E-state index contributed by atoms with van der Waals surface area (Å²) < 4.78 is 13.9. The molecule has 2 aliphatic rings. The van der Waals surface area contributed by atoms with Gasteiger partial charge in [0.2, 0.25) is 11.8 Å². The number of rotatable bonds is 4. The molecule has 2 aliphatic heterocycles. The van der Waals surface area contributed by atoms with Crippen LogP contribution in [0.1, 0.15) is 55.5 Å². The van der Waals surface area contributed by atoms with Gasteiger partial charge in [0.05, 0.1) is 16.8 Å². The quantitative estimate of drug-likeness (QED) is 0.733. The van der Waals surface area contributed by atoms with Gasteiger partial charge >= 0.3 is 0 Å². The number of hydrogen-bond acceptors (Lipinski definition) is 4. The molecule has 7 heteroatoms. The van der Waals surface area contributed by atoms with Crippen molar-refractivity contribution in [2.24, 2.45) is 5.41 Å². The van der Waals surface area contributed by atoms with Gasteiger partial charge in [-0.15, -0.1) is 0 Å². The predicted molar refractivity (Wildman–Crippen MR) is 119 cm³/mol. The van der Waals surface area contributed by atoms with Crippen LogP contribution in [-0.2, 0) is 16.0 Å². The molecule has 2 aromatic rings. The summed E-state index contributed by atoms with van der Waals surface area (Å²) >= 11 is 0. The first kappa shape index (κ1) is 22.4. The molecule has 2 amide bonds. The molecule has 0 aliphatic carbocycles. The van der Waals surface area contributed by atoms with E-state index < -0.39 is 5.41 Å². The fourth-order valence-electron chi connectivity index (χ4n) is 5.17. The number of piperidine rings is 2. The standard InChI is InChI=1S/C25H31FN4O2/c1-18-15-27-16-23(28-18)21-6-4-10-30(17-21)24(32)25(8-11-29(12-9-25)19(2)31)14-20-5-3-7-22(26)13-20/h3,5,7,13,15-16,21H,4,6,8-12,14,17H2,1-2H3/t21-/m0/s1. The van der Waals surface area contributed by atoms with Crippen LogP contribution < -0.4 is 0 Å². The highest BCUT2D eigenvalue weighted by Crippen LogP contribution is 2.39. The number of carbonyl (C=O) groups excluding carboxylic acids is 2. The Morgan fingerprint density at radius 1 is 1.16 bits per heavy atom. The van der Waals surface area contributed by atoms with Gasteiger partial charge in [-0.05, 0) is 56.7 Å². The van der Waals surface area contributed by atoms with Crippen molar-refractivity contribution in [3.8, 4) is 0 Å². The Bertz CT molecular complexity index is 987. The van der Waals surface area contributed by atoms with E-state index in [-0.39, 0.29) is 23.5 Å². The van der Waals surface area contributed by atoms with Crippen LogP contribution >= 0.6 is 0 Å². The molecular formula is C25H31FN4O2. The minimum absolute atomic E-state index is 0.0351. The van der Waals surface area contributed by atoms with E-state index in [0.29, 0.717) is 38.9 Å². The molecule has 4 rings (SSSR count). The van der Waals surface area contributed by atoms with Crippen LogP contribution in [0.5, 0.6) is 0 Å². The lowest BCUT2D eigenvalue weighted by Gasteiger charge is -2.45. The van der Waals surface area contributed by atoms with E-state index in [0.717, 1.165) is 36.3 Å². The third kappa shape index (κ3) is 4.81. The van der Waals surface area contributed by atoms with Crippen molar-refractivity contribution in [2.75, 3.05) is 26.2 Å². The highest BCUT2D eigenvalue weighted by molar-refractivity contribution is 5.84. The zero-order valence-corrected chi connectivity index (χ0v) is 18.9. The van der Waals surface area contributed by atoms with E-state index >= 15 is 0 Å². The normalized spacial score (nSPS) is 20.8. The lowest BCUT2D eigenvalue weighted by atomic mass is 9.72. The van der Waals surface area contributed by atoms with Gasteiger partial charge in [0.25, 0.3) is 0 Å². The number of benzene rings is 1. The first-order valence-corrected chi connectivity index (χ1v) is 11.4. The second-order valence-electron chi connectivity index (χ2n) is 9.27. The van der Waals surface area contributed by atoms with Gasteiger partial charge < -0.3 is 9.80 Å². The van der Waals surface area contributed by atoms with Crippen molar-refractivity contribution in [1.29, 1.82) is 0 Å². The second-order valence-corrected chi connectivity index (χ2v) is 9.27. The minimum Gasteiger partial charge on any atom is -0.343 e. The van der Waals surface area contributed by atoms with Crippen LogP contribution in [0.25, 0.3) is 0 Å². The van der Waals surface area contributed by atoms with Crippen LogP contribution in [0.4, 0.5) is 4.39 Å². The van der Waals surface area contributed by atoms with E-state index in [4.69, 9.17) is 0 Å². The molecule has 2 fully saturated rings. The number of hydrogen-bond donors (Lipinski definition) is 0. The van der Waals surface area contributed by atoms with Gasteiger partial charge in [0.1, 0.15) is 5.82 Å². The monoisotopic (exact) mass is 438 g/mol. The van der Waals surface area contributed by atoms with Crippen LogP contribution in [0.3, 0.4) is 0 Å². The highest BCUT2D eigenvalue weighted by atomic mass is 19.1. The summed E-state index contributed by atoms with van der Waals surface area (Å²) in [5, 5.41) is 0. The van der Waals surface area contributed by atoms with E-state index in [2.05, 4.69) is 9.97 Å². The molecule has 0 unspecified atom stereocenters. The number of likely N-dealkylation sites (tertiary alicyclic amines) is 2. The minimum atomic E-state index is -0.625. The summed E-state index contributed by atoms with van der Waals surface area (Å²) in [5.74, 6) is 0.0362. The summed E-state index contributed by atoms with van der Waals surface area (Å²) in [6, 6.07) is 6.53. The Hall–Kier alpha value is -2.83. The van der Waals surface area contributed by atoms with E-state index in [9.17, 15) is 14.0 Å². The number of aromatic nitrogens is 2. The number of amides is 2. The molecular weight excluding hydrogens is 407 g/mol. The average molecular weight is 439 g/mol. The van der Waals surface area contributed by atoms with Gasteiger partial charge in [-0.2, -0.15) is 0 Å². The number of carbonyl (C=O) groups is 2. The molecule has 170 valence electrons. The first-order valence-electron chi connectivity index (χ1n) is 11.4. The van der Waals surface area contributed by atoms with Crippen molar-refractivity contribution in [2.45, 2.75) is 51.9 Å². The maximum absolute atomic E-state index is 14.0. The zero-order chi connectivity index (χ0) is 22.7. The SMILES string of the molecule is CC(=O)N1CCC(Cc2cccc(F)c2)(C(=O)N2CCC[C@H](c3cncc(C)n3)C2)CC1. The van der Waals surface area contributed by atoms with E-state index in [1.165, 1.54) is 12.1 Å². The molecule has 2 saturated heterocycles. The largest absolute Gasteiger partial charge is 0.343 e. The Labute approximate surface area is 188 Å².